The van der Waals surface area contributed by atoms with E-state index in [2.05, 4.69) is 28.5 Å². The number of rotatable bonds is 4. The van der Waals surface area contributed by atoms with Gasteiger partial charge < -0.3 is 0 Å². The van der Waals surface area contributed by atoms with Crippen molar-refractivity contribution in [1.29, 1.82) is 0 Å². The van der Waals surface area contributed by atoms with Crippen molar-refractivity contribution in [3.05, 3.63) is 24.9 Å². The molecule has 0 aromatic carbocycles. The molecular weight excluding hydrogens is 254 g/mol. The first-order valence-electron chi connectivity index (χ1n) is 6.51. The number of nitrogens with zero attached hydrogens (tertiary/aromatic N) is 2. The Balaban J connectivity index is 2.81. The van der Waals surface area contributed by atoms with Crippen LogP contribution in [0, 0.1) is 11.3 Å². The maximum absolute atomic E-state index is 11.7. The molecule has 0 aromatic heterocycles. The Kier molecular flexibility index (Phi) is 5.13. The van der Waals surface area contributed by atoms with Gasteiger partial charge in [0.1, 0.15) is 6.34 Å². The van der Waals surface area contributed by atoms with Crippen molar-refractivity contribution in [2.75, 3.05) is 0 Å². The highest BCUT2D eigenvalue weighted by molar-refractivity contribution is 6.15. The van der Waals surface area contributed by atoms with Gasteiger partial charge in [0.05, 0.1) is 11.6 Å². The zero-order valence-electron chi connectivity index (χ0n) is 12.3. The van der Waals surface area contributed by atoms with Crippen LogP contribution in [0.1, 0.15) is 33.6 Å². The van der Waals surface area contributed by atoms with Crippen molar-refractivity contribution in [3.63, 3.8) is 0 Å². The van der Waals surface area contributed by atoms with Gasteiger partial charge >= 0.3 is 0 Å². The highest BCUT2D eigenvalue weighted by Gasteiger charge is 2.29. The van der Waals surface area contributed by atoms with Crippen molar-refractivity contribution < 1.29 is 9.59 Å². The van der Waals surface area contributed by atoms with Crippen LogP contribution in [-0.4, -0.2) is 23.9 Å². The summed E-state index contributed by atoms with van der Waals surface area (Å²) in [5.74, 6) is -1.02. The number of carbonyl (C=O) groups excluding carboxylic acids is 2. The lowest BCUT2D eigenvalue weighted by atomic mass is 9.93. The van der Waals surface area contributed by atoms with Crippen LogP contribution in [0.3, 0.4) is 0 Å². The zero-order valence-corrected chi connectivity index (χ0v) is 12.3. The van der Waals surface area contributed by atoms with Crippen LogP contribution in [0.15, 0.2) is 34.9 Å². The van der Waals surface area contributed by atoms with Crippen LogP contribution in [0.25, 0.3) is 0 Å². The van der Waals surface area contributed by atoms with Crippen molar-refractivity contribution in [2.24, 2.45) is 21.3 Å². The van der Waals surface area contributed by atoms with Gasteiger partial charge in [-0.3, -0.25) is 14.9 Å². The fraction of sp³-hybridized carbons (Fsp3) is 0.467. The molecule has 0 radical (unpaired) electrons. The molecule has 0 saturated carbocycles. The minimum Gasteiger partial charge on any atom is -0.296 e. The highest BCUT2D eigenvalue weighted by Crippen LogP contribution is 2.23. The Morgan fingerprint density at radius 2 is 2.05 bits per heavy atom. The number of imide groups is 1. The predicted octanol–water partition coefficient (Wildman–Crippen LogP) is 2.25. The van der Waals surface area contributed by atoms with E-state index in [-0.39, 0.29) is 17.2 Å². The van der Waals surface area contributed by atoms with Gasteiger partial charge in [-0.25, -0.2) is 9.98 Å². The van der Waals surface area contributed by atoms with Crippen molar-refractivity contribution in [2.45, 2.75) is 33.6 Å². The molecule has 0 spiro atoms. The number of piperidine rings is 1. The van der Waals surface area contributed by atoms with Gasteiger partial charge in [-0.15, -0.1) is 0 Å². The lowest BCUT2D eigenvalue weighted by molar-refractivity contribution is -0.134. The molecule has 1 rings (SSSR count). The lowest BCUT2D eigenvalue weighted by Gasteiger charge is -2.20. The first-order chi connectivity index (χ1) is 9.25. The van der Waals surface area contributed by atoms with Crippen molar-refractivity contribution in [3.8, 4) is 0 Å². The Bertz CT molecular complexity index is 496. The fourth-order valence-electron chi connectivity index (χ4n) is 1.62. The standard InChI is InChI=1S/C15H21N3O2/c1-6-12(11-7-8-13(19)18-14(11)20)17-9-16-10(2)15(3,4)5/h6,9,11H,1-2,7-8H2,3-5H3,(H,18,19,20). The quantitative estimate of drug-likeness (QED) is 0.485. The summed E-state index contributed by atoms with van der Waals surface area (Å²) >= 11 is 0. The maximum atomic E-state index is 11.7. The molecule has 20 heavy (non-hydrogen) atoms. The summed E-state index contributed by atoms with van der Waals surface area (Å²) in [6.45, 7) is 13.5. The second kappa shape index (κ2) is 6.41. The van der Waals surface area contributed by atoms with E-state index in [0.29, 0.717) is 24.3 Å². The molecule has 108 valence electrons. The van der Waals surface area contributed by atoms with Gasteiger partial charge in [-0.05, 0) is 12.5 Å². The number of hydrogen-bond acceptors (Lipinski definition) is 3. The van der Waals surface area contributed by atoms with E-state index in [1.165, 1.54) is 12.4 Å². The van der Waals surface area contributed by atoms with Gasteiger partial charge in [0.2, 0.25) is 11.8 Å². The summed E-state index contributed by atoms with van der Waals surface area (Å²) in [4.78, 5) is 31.2. The molecule has 2 amide bonds. The van der Waals surface area contributed by atoms with Crippen LogP contribution in [0.4, 0.5) is 0 Å². The Hall–Kier alpha value is -2.04. The molecule has 5 nitrogen and oxygen atoms in total. The number of carbonyl (C=O) groups is 2. The molecule has 1 saturated heterocycles. The van der Waals surface area contributed by atoms with Gasteiger partial charge in [0.25, 0.3) is 0 Å². The topological polar surface area (TPSA) is 70.9 Å². The minimum absolute atomic E-state index is 0.130. The molecule has 1 unspecified atom stereocenters. The van der Waals surface area contributed by atoms with Crippen LogP contribution < -0.4 is 5.32 Å². The second-order valence-electron chi connectivity index (χ2n) is 5.70. The number of aliphatic imine (C=N–C) groups is 2. The van der Waals surface area contributed by atoms with Gasteiger partial charge in [-0.1, -0.05) is 33.9 Å². The van der Waals surface area contributed by atoms with E-state index in [1.54, 1.807) is 0 Å². The summed E-state index contributed by atoms with van der Waals surface area (Å²) < 4.78 is 0. The summed E-state index contributed by atoms with van der Waals surface area (Å²) in [6, 6.07) is 0. The van der Waals surface area contributed by atoms with E-state index >= 15 is 0 Å². The number of nitrogens with one attached hydrogen (secondary N) is 1. The van der Waals surface area contributed by atoms with Gasteiger partial charge in [0, 0.05) is 17.5 Å². The third kappa shape index (κ3) is 4.26. The Morgan fingerprint density at radius 3 is 2.55 bits per heavy atom. The van der Waals surface area contributed by atoms with Crippen LogP contribution in [-0.2, 0) is 9.59 Å². The molecule has 1 aliphatic rings. The normalized spacial score (nSPS) is 20.9. The maximum Gasteiger partial charge on any atom is 0.235 e. The lowest BCUT2D eigenvalue weighted by Crippen LogP contribution is -2.43. The molecule has 1 heterocycles. The predicted molar refractivity (Wildman–Crippen MR) is 80.6 cm³/mol. The molecule has 1 aliphatic heterocycles. The Morgan fingerprint density at radius 1 is 1.40 bits per heavy atom. The molecule has 0 bridgehead atoms. The summed E-state index contributed by atoms with van der Waals surface area (Å²) in [6.07, 6.45) is 3.67. The summed E-state index contributed by atoms with van der Waals surface area (Å²) in [5, 5.41) is 2.30. The largest absolute Gasteiger partial charge is 0.296 e. The fourth-order valence-corrected chi connectivity index (χ4v) is 1.62. The van der Waals surface area contributed by atoms with E-state index in [9.17, 15) is 9.59 Å². The zero-order chi connectivity index (χ0) is 15.3. The number of hydrogen-bond donors (Lipinski definition) is 1. The average Bonchev–Trinajstić information content (AvgIpc) is 2.34. The smallest absolute Gasteiger partial charge is 0.235 e. The molecule has 0 aliphatic carbocycles. The molecule has 0 aromatic rings. The van der Waals surface area contributed by atoms with Crippen molar-refractivity contribution >= 4 is 23.9 Å². The van der Waals surface area contributed by atoms with E-state index < -0.39 is 5.92 Å². The second-order valence-corrected chi connectivity index (χ2v) is 5.70. The Labute approximate surface area is 119 Å². The van der Waals surface area contributed by atoms with Crippen molar-refractivity contribution in [1.82, 2.24) is 5.32 Å². The highest BCUT2D eigenvalue weighted by atomic mass is 16.2. The number of allylic oxidation sites excluding steroid dienone is 2. The third-order valence-electron chi connectivity index (χ3n) is 3.09. The monoisotopic (exact) mass is 275 g/mol. The van der Waals surface area contributed by atoms with Crippen LogP contribution in [0.5, 0.6) is 0 Å². The van der Waals surface area contributed by atoms with E-state index in [1.807, 2.05) is 20.8 Å². The average molecular weight is 275 g/mol. The van der Waals surface area contributed by atoms with E-state index in [0.717, 1.165) is 0 Å². The molecular formula is C15H21N3O2. The molecule has 1 fully saturated rings. The first kappa shape index (κ1) is 16.0. The molecule has 1 N–H and O–H groups in total. The van der Waals surface area contributed by atoms with Gasteiger partial charge in [0.15, 0.2) is 0 Å². The van der Waals surface area contributed by atoms with Crippen LogP contribution >= 0.6 is 0 Å². The minimum atomic E-state index is -0.445. The van der Waals surface area contributed by atoms with Crippen LogP contribution in [0.2, 0.25) is 0 Å². The molecule has 1 atom stereocenters. The third-order valence-corrected chi connectivity index (χ3v) is 3.09. The SMILES string of the molecule is C=CC(=NC=NC(=C)C(C)(C)C)C1CCC(=O)NC1=O. The van der Waals surface area contributed by atoms with Gasteiger partial charge in [-0.2, -0.15) is 0 Å². The number of amides is 2. The summed E-state index contributed by atoms with van der Waals surface area (Å²) in [7, 11) is 0. The first-order valence-corrected chi connectivity index (χ1v) is 6.51. The van der Waals surface area contributed by atoms with E-state index in [4.69, 9.17) is 0 Å². The molecule has 5 heteroatoms. The summed E-state index contributed by atoms with van der Waals surface area (Å²) in [5.41, 5.74) is 1.09.